The van der Waals surface area contributed by atoms with Crippen LogP contribution >= 0.6 is 11.1 Å². The summed E-state index contributed by atoms with van der Waals surface area (Å²) < 4.78 is 0. The van der Waals surface area contributed by atoms with Crippen molar-refractivity contribution in [3.63, 3.8) is 0 Å². The second-order valence-corrected chi connectivity index (χ2v) is 23.6. The molecule has 0 atom stereocenters. The summed E-state index contributed by atoms with van der Waals surface area (Å²) in [6, 6.07) is 73.9. The molecule has 0 saturated carbocycles. The van der Waals surface area contributed by atoms with Crippen LogP contribution in [-0.4, -0.2) is 7.38 Å². The maximum Gasteiger partial charge on any atom is 0.249 e. The highest BCUT2D eigenvalue weighted by Gasteiger charge is 2.48. The predicted molar refractivity (Wildman–Crippen MR) is 294 cm³/mol. The van der Waals surface area contributed by atoms with Crippen molar-refractivity contribution in [3.05, 3.63) is 300 Å². The van der Waals surface area contributed by atoms with Crippen molar-refractivity contribution in [2.24, 2.45) is 0 Å². The molecular weight excluding hydrogens is 856 g/mol. The first-order chi connectivity index (χ1) is 33.1. The Morgan fingerprint density at radius 3 is 0.676 bits per heavy atom. The first-order valence-electron chi connectivity index (χ1n) is 24.4. The molecule has 0 unspecified atom stereocenters. The van der Waals surface area contributed by atoms with E-state index in [1.807, 2.05) is 0 Å². The second kappa shape index (κ2) is 20.8. The Morgan fingerprint density at radius 1 is 0.279 bits per heavy atom. The van der Waals surface area contributed by atoms with Gasteiger partial charge in [0.2, 0.25) is 7.38 Å². The maximum absolute atomic E-state index is 9.73. The zero-order chi connectivity index (χ0) is 47.2. The number of halogens is 1. The number of rotatable bonds is 15. The molecule has 0 bridgehead atoms. The van der Waals surface area contributed by atoms with Gasteiger partial charge in [-0.1, -0.05) is 200 Å². The van der Waals surface area contributed by atoms with Crippen LogP contribution in [0.5, 0.6) is 0 Å². The van der Waals surface area contributed by atoms with Crippen LogP contribution in [0.2, 0.25) is 0 Å². The van der Waals surface area contributed by atoms with E-state index in [4.69, 9.17) is 0 Å². The SMILES string of the molecule is Cc1cc(Cc2ccccc2)c(Cc2ccccc2)c([Si](Cl)(c2c(C)c(C)cc(Cc3ccccc3)c2Cc2ccccc2)c2c(C)c(C)cc(Cc3ccccc3)c2Cc2ccccc2)c1C. The molecule has 0 aliphatic rings. The van der Waals surface area contributed by atoms with Crippen molar-refractivity contribution in [1.82, 2.24) is 0 Å². The van der Waals surface area contributed by atoms with E-state index in [2.05, 4.69) is 242 Å². The van der Waals surface area contributed by atoms with Gasteiger partial charge in [0.05, 0.1) is 0 Å². The minimum atomic E-state index is -3.67. The molecule has 338 valence electrons. The molecule has 0 saturated heterocycles. The Kier molecular flexibility index (Phi) is 14.2. The normalized spacial score (nSPS) is 11.5. The summed E-state index contributed by atoms with van der Waals surface area (Å²) in [7, 11) is -3.67. The van der Waals surface area contributed by atoms with Crippen LogP contribution < -0.4 is 15.6 Å². The maximum atomic E-state index is 9.73. The summed E-state index contributed by atoms with van der Waals surface area (Å²) in [6.07, 6.45) is 4.82. The topological polar surface area (TPSA) is 0 Å². The summed E-state index contributed by atoms with van der Waals surface area (Å²) in [6.45, 7) is 14.1. The fourth-order valence-electron chi connectivity index (χ4n) is 10.8. The number of hydrogen-bond donors (Lipinski definition) is 0. The van der Waals surface area contributed by atoms with Crippen molar-refractivity contribution < 1.29 is 0 Å². The van der Waals surface area contributed by atoms with Gasteiger partial charge in [0.25, 0.3) is 0 Å². The van der Waals surface area contributed by atoms with Gasteiger partial charge in [-0.15, -0.1) is 11.1 Å². The molecule has 0 aliphatic carbocycles. The van der Waals surface area contributed by atoms with Crippen molar-refractivity contribution in [2.45, 2.75) is 80.1 Å². The highest BCUT2D eigenvalue weighted by atomic mass is 35.6. The third-order valence-electron chi connectivity index (χ3n) is 14.6. The van der Waals surface area contributed by atoms with Crippen LogP contribution in [0.25, 0.3) is 0 Å². The highest BCUT2D eigenvalue weighted by molar-refractivity contribution is 7.41. The lowest BCUT2D eigenvalue weighted by molar-refractivity contribution is 1.07. The van der Waals surface area contributed by atoms with E-state index in [9.17, 15) is 11.1 Å². The second-order valence-electron chi connectivity index (χ2n) is 19.1. The van der Waals surface area contributed by atoms with Gasteiger partial charge in [0.15, 0.2) is 0 Å². The minimum Gasteiger partial charge on any atom is -0.149 e. The van der Waals surface area contributed by atoms with E-state index >= 15 is 0 Å². The van der Waals surface area contributed by atoms with Gasteiger partial charge in [-0.3, -0.25) is 0 Å². The summed E-state index contributed by atoms with van der Waals surface area (Å²) in [4.78, 5) is 0. The van der Waals surface area contributed by atoms with Gasteiger partial charge in [-0.2, -0.15) is 0 Å². The van der Waals surface area contributed by atoms with Crippen LogP contribution in [0.4, 0.5) is 0 Å². The zero-order valence-corrected chi connectivity index (χ0v) is 42.4. The van der Waals surface area contributed by atoms with Crippen LogP contribution in [-0.2, 0) is 38.5 Å². The summed E-state index contributed by atoms with van der Waals surface area (Å²) >= 11 is 9.73. The van der Waals surface area contributed by atoms with Gasteiger partial charge in [-0.05, 0) is 196 Å². The molecule has 9 rings (SSSR count). The Hall–Kier alpha value is -6.51. The van der Waals surface area contributed by atoms with Gasteiger partial charge in [-0.25, -0.2) is 0 Å². The first kappa shape index (κ1) is 46.6. The molecular formula is C66H63ClSi. The van der Waals surface area contributed by atoms with Gasteiger partial charge < -0.3 is 0 Å². The van der Waals surface area contributed by atoms with Crippen LogP contribution in [0.3, 0.4) is 0 Å². The Labute approximate surface area is 412 Å². The van der Waals surface area contributed by atoms with Gasteiger partial charge >= 0.3 is 0 Å². The van der Waals surface area contributed by atoms with E-state index in [-0.39, 0.29) is 0 Å². The lowest BCUT2D eigenvalue weighted by atomic mass is 9.90. The average Bonchev–Trinajstić information content (AvgIpc) is 3.35. The number of hydrogen-bond acceptors (Lipinski definition) is 0. The molecule has 0 heterocycles. The average molecular weight is 920 g/mol. The smallest absolute Gasteiger partial charge is 0.149 e. The molecule has 0 fully saturated rings. The molecule has 0 nitrogen and oxygen atoms in total. The van der Waals surface area contributed by atoms with Crippen LogP contribution in [0.1, 0.15) is 100 Å². The first-order valence-corrected chi connectivity index (χ1v) is 27.4. The third kappa shape index (κ3) is 9.88. The van der Waals surface area contributed by atoms with Crippen molar-refractivity contribution in [2.75, 3.05) is 0 Å². The number of aryl methyl sites for hydroxylation is 3. The zero-order valence-electron chi connectivity index (χ0n) is 40.7. The summed E-state index contributed by atoms with van der Waals surface area (Å²) in [5.41, 5.74) is 23.8. The molecule has 0 spiro atoms. The van der Waals surface area contributed by atoms with Crippen molar-refractivity contribution >= 4 is 34.0 Å². The molecule has 0 amide bonds. The molecule has 2 heteroatoms. The van der Waals surface area contributed by atoms with E-state index in [1.54, 1.807) is 0 Å². The van der Waals surface area contributed by atoms with Crippen molar-refractivity contribution in [1.29, 1.82) is 0 Å². The van der Waals surface area contributed by atoms with Crippen molar-refractivity contribution in [3.8, 4) is 0 Å². The molecule has 0 aliphatic heterocycles. The minimum absolute atomic E-state index is 0.784. The quantitative estimate of drug-likeness (QED) is 0.0546. The lowest BCUT2D eigenvalue weighted by Gasteiger charge is -2.39. The standard InChI is InChI=1S/C66H63ClSi/c1-46-37-58(40-52-25-13-7-14-26-52)61(43-55-31-19-10-20-32-55)64(49(46)4)68(67,65-50(5)47(2)38-59(41-53-27-15-8-16-28-53)62(65)44-56-33-21-11-22-34-56)66-51(6)48(3)39-60(42-54-29-17-9-18-30-54)63(66)45-57-35-23-12-24-36-57/h7-39H,40-45H2,1-6H3. The number of benzene rings is 9. The molecule has 0 radical (unpaired) electrons. The van der Waals surface area contributed by atoms with Crippen LogP contribution in [0, 0.1) is 41.5 Å². The third-order valence-corrected chi connectivity index (χ3v) is 20.4. The van der Waals surface area contributed by atoms with E-state index in [1.165, 1.54) is 116 Å². The Bertz CT molecular complexity index is 2800. The molecule has 0 N–H and O–H groups in total. The largest absolute Gasteiger partial charge is 0.249 e. The molecule has 0 aromatic heterocycles. The van der Waals surface area contributed by atoms with E-state index in [0.29, 0.717) is 0 Å². The van der Waals surface area contributed by atoms with Gasteiger partial charge in [0, 0.05) is 0 Å². The molecule has 9 aromatic rings. The summed E-state index contributed by atoms with van der Waals surface area (Å²) in [5.74, 6) is 0. The fraction of sp³-hybridized carbons (Fsp3) is 0.182. The van der Waals surface area contributed by atoms with E-state index in [0.717, 1.165) is 38.5 Å². The molecule has 68 heavy (non-hydrogen) atoms. The predicted octanol–water partition coefficient (Wildman–Crippen LogP) is 14.3. The molecule has 9 aromatic carbocycles. The van der Waals surface area contributed by atoms with Gasteiger partial charge in [0.1, 0.15) is 0 Å². The Morgan fingerprint density at radius 2 is 0.471 bits per heavy atom. The fourth-order valence-corrected chi connectivity index (χ4v) is 18.0. The monoisotopic (exact) mass is 918 g/mol. The summed E-state index contributed by atoms with van der Waals surface area (Å²) in [5, 5.41) is 4.07. The Balaban J connectivity index is 1.48. The highest BCUT2D eigenvalue weighted by Crippen LogP contribution is 2.34. The van der Waals surface area contributed by atoms with Crippen LogP contribution in [0.15, 0.2) is 200 Å². The lowest BCUT2D eigenvalue weighted by Crippen LogP contribution is -2.68. The van der Waals surface area contributed by atoms with E-state index < -0.39 is 7.38 Å².